The molecule has 1 unspecified atom stereocenters. The van der Waals surface area contributed by atoms with Gasteiger partial charge in [0.25, 0.3) is 0 Å². The maximum Gasteiger partial charge on any atom is 0.338 e. The summed E-state index contributed by atoms with van der Waals surface area (Å²) in [5.41, 5.74) is 2.84. The molecule has 160 valence electrons. The number of fused-ring (bicyclic) bond motifs is 1. The number of nitrogens with zero attached hydrogens (tertiary/aromatic N) is 4. The number of hydrogen-bond acceptors (Lipinski definition) is 8. The van der Waals surface area contributed by atoms with Crippen molar-refractivity contribution < 1.29 is 19.0 Å². The summed E-state index contributed by atoms with van der Waals surface area (Å²) in [5, 5.41) is 14.9. The van der Waals surface area contributed by atoms with Crippen molar-refractivity contribution in [1.82, 2.24) is 20.2 Å². The number of anilines is 1. The Bertz CT molecular complexity index is 1060. The summed E-state index contributed by atoms with van der Waals surface area (Å²) >= 11 is 0. The molecule has 0 aliphatic carbocycles. The SMILES string of the molecule is COCCOc1ccc(C2C(C(=O)OCc3ccccc3)=C(C)Nc3nnnn32)cc1. The minimum absolute atomic E-state index is 0.178. The molecule has 2 aromatic carbocycles. The Labute approximate surface area is 179 Å². The van der Waals surface area contributed by atoms with Gasteiger partial charge in [-0.3, -0.25) is 0 Å². The number of esters is 1. The van der Waals surface area contributed by atoms with E-state index >= 15 is 0 Å². The minimum Gasteiger partial charge on any atom is -0.491 e. The first-order valence-corrected chi connectivity index (χ1v) is 9.86. The van der Waals surface area contributed by atoms with Crippen LogP contribution in [0.15, 0.2) is 65.9 Å². The molecule has 9 heteroatoms. The fourth-order valence-electron chi connectivity index (χ4n) is 3.37. The largest absolute Gasteiger partial charge is 0.491 e. The number of methoxy groups -OCH3 is 1. The van der Waals surface area contributed by atoms with E-state index in [2.05, 4.69) is 20.8 Å². The number of rotatable bonds is 8. The van der Waals surface area contributed by atoms with Crippen LogP contribution in [0.25, 0.3) is 0 Å². The lowest BCUT2D eigenvalue weighted by molar-refractivity contribution is -0.140. The smallest absolute Gasteiger partial charge is 0.338 e. The first kappa shape index (κ1) is 20.5. The minimum atomic E-state index is -0.525. The molecule has 3 aromatic rings. The van der Waals surface area contributed by atoms with Crippen LogP contribution in [0.3, 0.4) is 0 Å². The van der Waals surface area contributed by atoms with Crippen molar-refractivity contribution in [3.05, 3.63) is 77.0 Å². The number of carbonyl (C=O) groups excluding carboxylic acids is 1. The zero-order valence-electron chi connectivity index (χ0n) is 17.3. The van der Waals surface area contributed by atoms with E-state index in [4.69, 9.17) is 14.2 Å². The molecule has 1 aliphatic rings. The predicted molar refractivity (Wildman–Crippen MR) is 112 cm³/mol. The molecule has 0 fully saturated rings. The zero-order valence-corrected chi connectivity index (χ0v) is 17.3. The molecule has 1 aliphatic heterocycles. The van der Waals surface area contributed by atoms with Gasteiger partial charge in [0.1, 0.15) is 25.0 Å². The van der Waals surface area contributed by atoms with Gasteiger partial charge in [-0.15, -0.1) is 0 Å². The molecular formula is C22H23N5O4. The van der Waals surface area contributed by atoms with Crippen LogP contribution in [0.2, 0.25) is 0 Å². The van der Waals surface area contributed by atoms with Crippen LogP contribution < -0.4 is 10.1 Å². The third kappa shape index (κ3) is 4.56. The Hall–Kier alpha value is -3.72. The number of nitrogens with one attached hydrogen (secondary N) is 1. The second-order valence-electron chi connectivity index (χ2n) is 6.99. The first-order chi connectivity index (χ1) is 15.2. The average molecular weight is 421 g/mol. The van der Waals surface area contributed by atoms with Gasteiger partial charge in [-0.05, 0) is 40.6 Å². The number of allylic oxidation sites excluding steroid dienone is 1. The number of hydrogen-bond donors (Lipinski definition) is 1. The highest BCUT2D eigenvalue weighted by Crippen LogP contribution is 2.35. The van der Waals surface area contributed by atoms with Crippen molar-refractivity contribution in [2.75, 3.05) is 25.6 Å². The van der Waals surface area contributed by atoms with Crippen LogP contribution in [0.5, 0.6) is 5.75 Å². The third-order valence-corrected chi connectivity index (χ3v) is 4.90. The third-order valence-electron chi connectivity index (χ3n) is 4.90. The summed E-state index contributed by atoms with van der Waals surface area (Å²) < 4.78 is 17.8. The molecule has 0 bridgehead atoms. The van der Waals surface area contributed by atoms with Gasteiger partial charge in [0, 0.05) is 12.8 Å². The lowest BCUT2D eigenvalue weighted by Gasteiger charge is -2.27. The summed E-state index contributed by atoms with van der Waals surface area (Å²) in [6, 6.07) is 16.5. The molecule has 1 N–H and O–H groups in total. The Morgan fingerprint density at radius 2 is 1.87 bits per heavy atom. The van der Waals surface area contributed by atoms with Crippen LogP contribution >= 0.6 is 0 Å². The predicted octanol–water partition coefficient (Wildman–Crippen LogP) is 2.73. The topological polar surface area (TPSA) is 100 Å². The molecule has 1 aromatic heterocycles. The van der Waals surface area contributed by atoms with E-state index in [0.717, 1.165) is 11.1 Å². The molecular weight excluding hydrogens is 398 g/mol. The van der Waals surface area contributed by atoms with Gasteiger partial charge in [-0.2, -0.15) is 4.68 Å². The normalized spacial score (nSPS) is 15.2. The quantitative estimate of drug-likeness (QED) is 0.438. The monoisotopic (exact) mass is 421 g/mol. The molecule has 2 heterocycles. The number of aromatic nitrogens is 4. The van der Waals surface area contributed by atoms with E-state index in [0.29, 0.717) is 36.2 Å². The second-order valence-corrected chi connectivity index (χ2v) is 6.99. The van der Waals surface area contributed by atoms with Crippen molar-refractivity contribution in [1.29, 1.82) is 0 Å². The maximum absolute atomic E-state index is 13.1. The van der Waals surface area contributed by atoms with Gasteiger partial charge in [0.2, 0.25) is 5.95 Å². The van der Waals surface area contributed by atoms with Crippen molar-refractivity contribution in [2.45, 2.75) is 19.6 Å². The number of carbonyl (C=O) groups is 1. The standard InChI is InChI=1S/C22H23N5O4/c1-15-19(21(28)31-14-16-6-4-3-5-7-16)20(27-22(23-15)24-25-26-27)17-8-10-18(11-9-17)30-13-12-29-2/h3-11,20H,12-14H2,1-2H3,(H,23,24,26). The lowest BCUT2D eigenvalue weighted by Crippen LogP contribution is -2.29. The summed E-state index contributed by atoms with van der Waals surface area (Å²) in [5.74, 6) is 0.739. The summed E-state index contributed by atoms with van der Waals surface area (Å²) in [7, 11) is 1.63. The van der Waals surface area contributed by atoms with Gasteiger partial charge < -0.3 is 19.5 Å². The van der Waals surface area contributed by atoms with Crippen LogP contribution in [0, 0.1) is 0 Å². The van der Waals surface area contributed by atoms with Gasteiger partial charge >= 0.3 is 5.97 Å². The highest BCUT2D eigenvalue weighted by atomic mass is 16.5. The van der Waals surface area contributed by atoms with Gasteiger partial charge in [-0.1, -0.05) is 47.6 Å². The van der Waals surface area contributed by atoms with E-state index in [-0.39, 0.29) is 6.61 Å². The van der Waals surface area contributed by atoms with E-state index in [9.17, 15) is 4.79 Å². The maximum atomic E-state index is 13.1. The highest BCUT2D eigenvalue weighted by Gasteiger charge is 2.35. The Balaban J connectivity index is 1.59. The Morgan fingerprint density at radius 3 is 2.61 bits per heavy atom. The van der Waals surface area contributed by atoms with Crippen molar-refractivity contribution >= 4 is 11.9 Å². The number of ether oxygens (including phenoxy) is 3. The number of benzene rings is 2. The van der Waals surface area contributed by atoms with Gasteiger partial charge in [0.15, 0.2) is 0 Å². The van der Waals surface area contributed by atoms with Crippen molar-refractivity contribution in [3.63, 3.8) is 0 Å². The molecule has 4 rings (SSSR count). The van der Waals surface area contributed by atoms with E-state index in [1.807, 2.05) is 61.5 Å². The van der Waals surface area contributed by atoms with Gasteiger partial charge in [0.05, 0.1) is 12.2 Å². The van der Waals surface area contributed by atoms with E-state index in [1.165, 1.54) is 0 Å². The summed E-state index contributed by atoms with van der Waals surface area (Å²) in [6.45, 7) is 2.95. The van der Waals surface area contributed by atoms with Gasteiger partial charge in [-0.25, -0.2) is 4.79 Å². The first-order valence-electron chi connectivity index (χ1n) is 9.86. The van der Waals surface area contributed by atoms with Crippen LogP contribution in [0.1, 0.15) is 24.1 Å². The average Bonchev–Trinajstić information content (AvgIpc) is 3.26. The molecule has 0 radical (unpaired) electrons. The fraction of sp³-hybridized carbons (Fsp3) is 0.273. The molecule has 9 nitrogen and oxygen atoms in total. The zero-order chi connectivity index (χ0) is 21.6. The fourth-order valence-corrected chi connectivity index (χ4v) is 3.37. The van der Waals surface area contributed by atoms with E-state index in [1.54, 1.807) is 11.8 Å². The van der Waals surface area contributed by atoms with Crippen LogP contribution in [-0.4, -0.2) is 46.5 Å². The molecule has 0 saturated heterocycles. The summed E-state index contributed by atoms with van der Waals surface area (Å²) in [4.78, 5) is 13.1. The molecule has 0 spiro atoms. The highest BCUT2D eigenvalue weighted by molar-refractivity contribution is 5.92. The van der Waals surface area contributed by atoms with Crippen molar-refractivity contribution in [3.8, 4) is 5.75 Å². The second kappa shape index (κ2) is 9.40. The summed E-state index contributed by atoms with van der Waals surface area (Å²) in [6.07, 6.45) is 0. The molecule has 0 amide bonds. The Kier molecular flexibility index (Phi) is 6.23. The molecule has 0 saturated carbocycles. The van der Waals surface area contributed by atoms with E-state index < -0.39 is 12.0 Å². The van der Waals surface area contributed by atoms with Crippen molar-refractivity contribution in [2.24, 2.45) is 0 Å². The number of tetrazole rings is 1. The van der Waals surface area contributed by atoms with Crippen LogP contribution in [0.4, 0.5) is 5.95 Å². The Morgan fingerprint density at radius 1 is 1.10 bits per heavy atom. The molecule has 31 heavy (non-hydrogen) atoms. The molecule has 1 atom stereocenters. The lowest BCUT2D eigenvalue weighted by atomic mass is 9.95. The van der Waals surface area contributed by atoms with Crippen LogP contribution in [-0.2, 0) is 20.9 Å².